The number of fused-ring (bicyclic) bond motifs is 1. The normalized spacial score (nSPS) is 11.0. The van der Waals surface area contributed by atoms with Crippen molar-refractivity contribution in [1.82, 2.24) is 14.5 Å². The summed E-state index contributed by atoms with van der Waals surface area (Å²) >= 11 is 0. The Morgan fingerprint density at radius 2 is 1.47 bits per heavy atom. The van der Waals surface area contributed by atoms with Crippen LogP contribution in [0.1, 0.15) is 27.2 Å². The minimum absolute atomic E-state index is 0.0419. The van der Waals surface area contributed by atoms with E-state index < -0.39 is 11.2 Å². The number of rotatable bonds is 7. The van der Waals surface area contributed by atoms with Crippen molar-refractivity contribution in [3.05, 3.63) is 140 Å². The second-order valence-corrected chi connectivity index (χ2v) is 8.36. The number of furan rings is 1. The van der Waals surface area contributed by atoms with Gasteiger partial charge in [0.15, 0.2) is 0 Å². The second kappa shape index (κ2) is 9.87. The number of benzene rings is 3. The van der Waals surface area contributed by atoms with Crippen LogP contribution in [0.4, 0.5) is 4.39 Å². The quantitative estimate of drug-likeness (QED) is 0.380. The first-order chi connectivity index (χ1) is 17.5. The van der Waals surface area contributed by atoms with E-state index in [0.29, 0.717) is 27.8 Å². The molecule has 0 saturated carbocycles. The van der Waals surface area contributed by atoms with E-state index in [1.807, 2.05) is 0 Å². The molecule has 0 saturated heterocycles. The molecular formula is C28H22FN3O4. The zero-order valence-corrected chi connectivity index (χ0v) is 19.2. The number of hydrogen-bond acceptors (Lipinski definition) is 4. The lowest BCUT2D eigenvalue weighted by Crippen LogP contribution is -2.40. The Kier molecular flexibility index (Phi) is 6.32. The van der Waals surface area contributed by atoms with Crippen LogP contribution in [-0.2, 0) is 19.6 Å². The molecule has 0 aliphatic carbocycles. The van der Waals surface area contributed by atoms with Gasteiger partial charge in [-0.3, -0.25) is 18.7 Å². The molecule has 7 nitrogen and oxygen atoms in total. The average Bonchev–Trinajstić information content (AvgIpc) is 3.43. The summed E-state index contributed by atoms with van der Waals surface area (Å²) in [6.07, 6.45) is 1.54. The number of carbonyl (C=O) groups is 1. The number of nitrogens with zero attached hydrogens (tertiary/aromatic N) is 2. The fraction of sp³-hybridized carbons (Fsp3) is 0.107. The fourth-order valence-corrected chi connectivity index (χ4v) is 4.06. The number of para-hydroxylation sites is 1. The highest BCUT2D eigenvalue weighted by Gasteiger charge is 2.14. The molecule has 2 heterocycles. The van der Waals surface area contributed by atoms with Gasteiger partial charge in [-0.1, -0.05) is 36.4 Å². The van der Waals surface area contributed by atoms with Crippen molar-refractivity contribution in [2.24, 2.45) is 0 Å². The number of amides is 1. The van der Waals surface area contributed by atoms with E-state index in [1.54, 1.807) is 79.1 Å². The molecule has 0 fully saturated rings. The predicted octanol–water partition coefficient (Wildman–Crippen LogP) is 3.92. The fourth-order valence-electron chi connectivity index (χ4n) is 4.06. The number of nitrogens with one attached hydrogen (secondary N) is 1. The second-order valence-electron chi connectivity index (χ2n) is 8.36. The average molecular weight is 483 g/mol. The molecule has 0 bridgehead atoms. The summed E-state index contributed by atoms with van der Waals surface area (Å²) in [7, 11) is 0. The molecule has 180 valence electrons. The van der Waals surface area contributed by atoms with Gasteiger partial charge in [-0.25, -0.2) is 9.18 Å². The van der Waals surface area contributed by atoms with Crippen LogP contribution in [-0.4, -0.2) is 15.0 Å². The van der Waals surface area contributed by atoms with Gasteiger partial charge in [0.2, 0.25) is 0 Å². The maximum atomic E-state index is 13.4. The predicted molar refractivity (Wildman–Crippen MR) is 133 cm³/mol. The molecule has 3 aromatic carbocycles. The van der Waals surface area contributed by atoms with E-state index in [-0.39, 0.29) is 31.4 Å². The smallest absolute Gasteiger partial charge is 0.332 e. The largest absolute Gasteiger partial charge is 0.467 e. The molecule has 0 aliphatic heterocycles. The standard InChI is InChI=1S/C28H22FN3O4/c29-22-13-9-20(10-14-22)17-31-25-6-2-1-5-24(25)27(34)32(28(31)35)18-19-7-11-21(12-8-19)26(33)30-16-23-4-3-15-36-23/h1-15H,16-18H2,(H,30,33). The van der Waals surface area contributed by atoms with Gasteiger partial charge < -0.3 is 9.73 Å². The third-order valence-electron chi connectivity index (χ3n) is 5.95. The third kappa shape index (κ3) is 4.74. The van der Waals surface area contributed by atoms with Gasteiger partial charge in [-0.2, -0.15) is 0 Å². The minimum Gasteiger partial charge on any atom is -0.467 e. The van der Waals surface area contributed by atoms with Gasteiger partial charge in [0, 0.05) is 5.56 Å². The summed E-state index contributed by atoms with van der Waals surface area (Å²) in [6, 6.07) is 23.1. The monoisotopic (exact) mass is 483 g/mol. The minimum atomic E-state index is -0.469. The number of hydrogen-bond donors (Lipinski definition) is 1. The molecule has 8 heteroatoms. The molecule has 2 aromatic heterocycles. The van der Waals surface area contributed by atoms with Gasteiger partial charge in [-0.15, -0.1) is 0 Å². The van der Waals surface area contributed by atoms with Crippen molar-refractivity contribution >= 4 is 16.8 Å². The van der Waals surface area contributed by atoms with E-state index >= 15 is 0 Å². The first-order valence-corrected chi connectivity index (χ1v) is 11.4. The SMILES string of the molecule is O=C(NCc1ccco1)c1ccc(Cn2c(=O)c3ccccc3n(Cc3ccc(F)cc3)c2=O)cc1. The first-order valence-electron chi connectivity index (χ1n) is 11.4. The summed E-state index contributed by atoms with van der Waals surface area (Å²) < 4.78 is 21.3. The van der Waals surface area contributed by atoms with Crippen LogP contribution in [0.3, 0.4) is 0 Å². The summed E-state index contributed by atoms with van der Waals surface area (Å²) in [5.74, 6) is 0.0223. The third-order valence-corrected chi connectivity index (χ3v) is 5.95. The van der Waals surface area contributed by atoms with Gasteiger partial charge in [0.1, 0.15) is 11.6 Å². The van der Waals surface area contributed by atoms with Crippen molar-refractivity contribution in [2.45, 2.75) is 19.6 Å². The molecule has 0 atom stereocenters. The van der Waals surface area contributed by atoms with Crippen molar-refractivity contribution in [3.63, 3.8) is 0 Å². The molecule has 0 radical (unpaired) electrons. The molecule has 0 spiro atoms. The Bertz CT molecular complexity index is 1630. The molecule has 0 unspecified atom stereocenters. The van der Waals surface area contributed by atoms with E-state index in [2.05, 4.69) is 5.32 Å². The van der Waals surface area contributed by atoms with Crippen LogP contribution in [0.15, 0.2) is 105 Å². The van der Waals surface area contributed by atoms with E-state index in [0.717, 1.165) is 5.56 Å². The molecule has 1 amide bonds. The molecule has 0 aliphatic rings. The highest BCUT2D eigenvalue weighted by molar-refractivity contribution is 5.94. The Morgan fingerprint density at radius 3 is 2.17 bits per heavy atom. The number of halogens is 1. The van der Waals surface area contributed by atoms with E-state index in [9.17, 15) is 18.8 Å². The van der Waals surface area contributed by atoms with Crippen LogP contribution < -0.4 is 16.6 Å². The Morgan fingerprint density at radius 1 is 0.806 bits per heavy atom. The van der Waals surface area contributed by atoms with Crippen LogP contribution in [0.5, 0.6) is 0 Å². The molecule has 36 heavy (non-hydrogen) atoms. The van der Waals surface area contributed by atoms with Crippen molar-refractivity contribution < 1.29 is 13.6 Å². The lowest BCUT2D eigenvalue weighted by atomic mass is 10.1. The van der Waals surface area contributed by atoms with E-state index in [1.165, 1.54) is 21.3 Å². The van der Waals surface area contributed by atoms with Crippen molar-refractivity contribution in [3.8, 4) is 0 Å². The topological polar surface area (TPSA) is 86.2 Å². The molecule has 5 aromatic rings. The Hall–Kier alpha value is -4.72. The lowest BCUT2D eigenvalue weighted by molar-refractivity contribution is 0.0948. The zero-order valence-electron chi connectivity index (χ0n) is 19.2. The summed E-state index contributed by atoms with van der Waals surface area (Å²) in [6.45, 7) is 0.503. The highest BCUT2D eigenvalue weighted by Crippen LogP contribution is 2.12. The van der Waals surface area contributed by atoms with Gasteiger partial charge in [0.25, 0.3) is 11.5 Å². The van der Waals surface area contributed by atoms with Crippen LogP contribution >= 0.6 is 0 Å². The van der Waals surface area contributed by atoms with Crippen molar-refractivity contribution in [2.75, 3.05) is 0 Å². The maximum absolute atomic E-state index is 13.4. The number of carbonyl (C=O) groups excluding carboxylic acids is 1. The van der Waals surface area contributed by atoms with Crippen LogP contribution in [0, 0.1) is 5.82 Å². The summed E-state index contributed by atoms with van der Waals surface area (Å²) in [4.78, 5) is 39.1. The molecule has 1 N–H and O–H groups in total. The van der Waals surface area contributed by atoms with Gasteiger partial charge in [-0.05, 0) is 59.7 Å². The maximum Gasteiger partial charge on any atom is 0.332 e. The molecule has 5 rings (SSSR count). The number of aromatic nitrogens is 2. The Balaban J connectivity index is 1.43. The first kappa shape index (κ1) is 23.0. The van der Waals surface area contributed by atoms with Gasteiger partial charge >= 0.3 is 5.69 Å². The van der Waals surface area contributed by atoms with Crippen LogP contribution in [0.2, 0.25) is 0 Å². The summed E-state index contributed by atoms with van der Waals surface area (Å²) in [5.41, 5.74) is 1.52. The Labute approximate surface area is 205 Å². The van der Waals surface area contributed by atoms with Crippen LogP contribution in [0.25, 0.3) is 10.9 Å². The zero-order chi connectivity index (χ0) is 25.1. The van der Waals surface area contributed by atoms with Crippen molar-refractivity contribution in [1.29, 1.82) is 0 Å². The highest BCUT2D eigenvalue weighted by atomic mass is 19.1. The molecular weight excluding hydrogens is 461 g/mol. The summed E-state index contributed by atoms with van der Waals surface area (Å²) in [5, 5.41) is 3.19. The van der Waals surface area contributed by atoms with Gasteiger partial charge in [0.05, 0.1) is 36.8 Å². The van der Waals surface area contributed by atoms with E-state index in [4.69, 9.17) is 4.42 Å². The lowest BCUT2D eigenvalue weighted by Gasteiger charge is -2.14.